The van der Waals surface area contributed by atoms with Gasteiger partial charge in [-0.15, -0.1) is 0 Å². The molecule has 0 saturated carbocycles. The molecule has 0 amide bonds. The summed E-state index contributed by atoms with van der Waals surface area (Å²) in [5.41, 5.74) is 2.12. The van der Waals surface area contributed by atoms with Gasteiger partial charge in [-0.2, -0.15) is 0 Å². The normalized spacial score (nSPS) is 15.9. The number of nitrogens with zero attached hydrogens (tertiary/aromatic N) is 1. The van der Waals surface area contributed by atoms with Crippen LogP contribution in [0.25, 0.3) is 0 Å². The van der Waals surface area contributed by atoms with Crippen molar-refractivity contribution < 1.29 is 9.47 Å². The molecule has 1 aliphatic rings. The molecule has 138 valence electrons. The average molecular weight is 372 g/mol. The van der Waals surface area contributed by atoms with Crippen LogP contribution in [0.2, 0.25) is 0 Å². The van der Waals surface area contributed by atoms with Gasteiger partial charge < -0.3 is 20.1 Å². The zero-order valence-electron chi connectivity index (χ0n) is 15.0. The lowest BCUT2D eigenvalue weighted by atomic mass is 10.1. The fraction of sp³-hybridized carbons (Fsp3) is 0.350. The smallest absolute Gasteiger partial charge is 0.171 e. The van der Waals surface area contributed by atoms with Gasteiger partial charge in [0, 0.05) is 31.4 Å². The first-order chi connectivity index (χ1) is 12.7. The summed E-state index contributed by atoms with van der Waals surface area (Å²) in [5.74, 6) is 0.797. The van der Waals surface area contributed by atoms with Crippen LogP contribution in [0.4, 0.5) is 5.69 Å². The minimum absolute atomic E-state index is 0.111. The van der Waals surface area contributed by atoms with Crippen LogP contribution in [0.3, 0.4) is 0 Å². The number of hydrogen-bond acceptors (Lipinski definition) is 4. The zero-order chi connectivity index (χ0) is 18.2. The van der Waals surface area contributed by atoms with Gasteiger partial charge in [0.05, 0.1) is 26.4 Å². The molecule has 0 aromatic heterocycles. The van der Waals surface area contributed by atoms with Crippen molar-refractivity contribution in [3.63, 3.8) is 0 Å². The van der Waals surface area contributed by atoms with E-state index in [4.69, 9.17) is 21.7 Å². The molecule has 5 nitrogen and oxygen atoms in total. The van der Waals surface area contributed by atoms with Crippen LogP contribution in [0.15, 0.2) is 54.6 Å². The van der Waals surface area contributed by atoms with Gasteiger partial charge in [0.15, 0.2) is 5.11 Å². The summed E-state index contributed by atoms with van der Waals surface area (Å²) < 4.78 is 10.7. The molecule has 1 atom stereocenters. The summed E-state index contributed by atoms with van der Waals surface area (Å²) in [7, 11) is 1.66. The van der Waals surface area contributed by atoms with Crippen LogP contribution in [0.5, 0.6) is 5.75 Å². The largest absolute Gasteiger partial charge is 0.497 e. The van der Waals surface area contributed by atoms with E-state index < -0.39 is 0 Å². The van der Waals surface area contributed by atoms with Gasteiger partial charge in [-0.3, -0.25) is 4.90 Å². The van der Waals surface area contributed by atoms with E-state index in [1.165, 1.54) is 5.56 Å². The molecule has 1 aliphatic heterocycles. The Labute approximate surface area is 160 Å². The Hall–Kier alpha value is -2.15. The van der Waals surface area contributed by atoms with E-state index in [-0.39, 0.29) is 6.04 Å². The van der Waals surface area contributed by atoms with E-state index in [0.717, 1.165) is 44.3 Å². The Morgan fingerprint density at radius 1 is 1.15 bits per heavy atom. The molecule has 2 aromatic rings. The maximum Gasteiger partial charge on any atom is 0.171 e. The van der Waals surface area contributed by atoms with E-state index in [1.54, 1.807) is 7.11 Å². The van der Waals surface area contributed by atoms with Crippen LogP contribution in [-0.2, 0) is 4.74 Å². The molecule has 26 heavy (non-hydrogen) atoms. The van der Waals surface area contributed by atoms with Crippen LogP contribution in [-0.4, -0.2) is 50.0 Å². The topological polar surface area (TPSA) is 45.8 Å². The zero-order valence-corrected chi connectivity index (χ0v) is 15.8. The van der Waals surface area contributed by atoms with Crippen molar-refractivity contribution in [2.45, 2.75) is 6.04 Å². The highest BCUT2D eigenvalue weighted by molar-refractivity contribution is 7.80. The number of methoxy groups -OCH3 is 1. The number of anilines is 1. The van der Waals surface area contributed by atoms with Crippen molar-refractivity contribution in [1.82, 2.24) is 10.2 Å². The molecule has 2 aromatic carbocycles. The van der Waals surface area contributed by atoms with Gasteiger partial charge in [-0.1, -0.05) is 36.4 Å². The van der Waals surface area contributed by atoms with Crippen LogP contribution < -0.4 is 15.4 Å². The number of ether oxygens (including phenoxy) is 2. The van der Waals surface area contributed by atoms with Crippen molar-refractivity contribution in [3.05, 3.63) is 60.2 Å². The second kappa shape index (κ2) is 9.52. The number of benzene rings is 2. The first-order valence-corrected chi connectivity index (χ1v) is 9.22. The summed E-state index contributed by atoms with van der Waals surface area (Å²) in [4.78, 5) is 2.41. The molecule has 1 fully saturated rings. The number of nitrogens with one attached hydrogen (secondary N) is 2. The fourth-order valence-corrected chi connectivity index (χ4v) is 3.25. The summed E-state index contributed by atoms with van der Waals surface area (Å²) in [6.45, 7) is 4.34. The maximum absolute atomic E-state index is 5.55. The summed E-state index contributed by atoms with van der Waals surface area (Å²) >= 11 is 5.55. The summed E-state index contributed by atoms with van der Waals surface area (Å²) in [6, 6.07) is 18.3. The number of hydrogen-bond donors (Lipinski definition) is 2. The van der Waals surface area contributed by atoms with Crippen molar-refractivity contribution >= 4 is 23.0 Å². The van der Waals surface area contributed by atoms with Crippen molar-refractivity contribution in [2.75, 3.05) is 45.3 Å². The van der Waals surface area contributed by atoms with E-state index in [9.17, 15) is 0 Å². The second-order valence-corrected chi connectivity index (χ2v) is 6.61. The second-order valence-electron chi connectivity index (χ2n) is 6.21. The molecule has 2 N–H and O–H groups in total. The third-order valence-electron chi connectivity index (χ3n) is 4.38. The van der Waals surface area contributed by atoms with Gasteiger partial charge in [-0.05, 0) is 29.9 Å². The quantitative estimate of drug-likeness (QED) is 0.761. The predicted octanol–water partition coefficient (Wildman–Crippen LogP) is 3.06. The van der Waals surface area contributed by atoms with Crippen LogP contribution >= 0.6 is 12.2 Å². The Bertz CT molecular complexity index is 705. The lowest BCUT2D eigenvalue weighted by Crippen LogP contribution is -2.44. The molecule has 0 bridgehead atoms. The van der Waals surface area contributed by atoms with Crippen molar-refractivity contribution in [2.24, 2.45) is 0 Å². The summed E-state index contributed by atoms with van der Waals surface area (Å²) in [6.07, 6.45) is 0. The Morgan fingerprint density at radius 3 is 2.65 bits per heavy atom. The molecule has 0 unspecified atom stereocenters. The number of rotatable bonds is 6. The van der Waals surface area contributed by atoms with Gasteiger partial charge in [0.25, 0.3) is 0 Å². The third-order valence-corrected chi connectivity index (χ3v) is 4.60. The molecule has 0 spiro atoms. The van der Waals surface area contributed by atoms with E-state index in [0.29, 0.717) is 5.11 Å². The van der Waals surface area contributed by atoms with Gasteiger partial charge in [-0.25, -0.2) is 0 Å². The van der Waals surface area contributed by atoms with E-state index in [2.05, 4.69) is 39.8 Å². The van der Waals surface area contributed by atoms with Crippen LogP contribution in [0.1, 0.15) is 11.6 Å². The summed E-state index contributed by atoms with van der Waals surface area (Å²) in [5, 5.41) is 7.31. The van der Waals surface area contributed by atoms with Crippen molar-refractivity contribution in [3.8, 4) is 5.75 Å². The van der Waals surface area contributed by atoms with Gasteiger partial charge in [0.2, 0.25) is 0 Å². The highest BCUT2D eigenvalue weighted by atomic mass is 32.1. The Kier molecular flexibility index (Phi) is 6.82. The molecule has 1 saturated heterocycles. The number of morpholine rings is 1. The standard InChI is InChI=1S/C20H25N3O2S/c1-24-18-9-5-8-17(14-18)21-20(26)22-19(16-6-3-2-4-7-16)15-23-10-12-25-13-11-23/h2-9,14,19H,10-13,15H2,1H3,(H2,21,22,26)/t19-/m1/s1. The van der Waals surface area contributed by atoms with Crippen LogP contribution in [0, 0.1) is 0 Å². The molecular weight excluding hydrogens is 346 g/mol. The first kappa shape index (κ1) is 18.6. The molecule has 6 heteroatoms. The molecule has 0 aliphatic carbocycles. The fourth-order valence-electron chi connectivity index (χ4n) is 2.99. The highest BCUT2D eigenvalue weighted by Crippen LogP contribution is 2.18. The molecule has 1 heterocycles. The SMILES string of the molecule is COc1cccc(NC(=S)N[C@H](CN2CCOCC2)c2ccccc2)c1. The molecule has 3 rings (SSSR count). The highest BCUT2D eigenvalue weighted by Gasteiger charge is 2.19. The Morgan fingerprint density at radius 2 is 1.92 bits per heavy atom. The van der Waals surface area contributed by atoms with Gasteiger partial charge in [0.1, 0.15) is 5.75 Å². The lowest BCUT2D eigenvalue weighted by Gasteiger charge is -2.31. The first-order valence-electron chi connectivity index (χ1n) is 8.81. The minimum atomic E-state index is 0.111. The van der Waals surface area contributed by atoms with E-state index in [1.807, 2.05) is 30.3 Å². The monoisotopic (exact) mass is 371 g/mol. The predicted molar refractivity (Wildman–Crippen MR) is 109 cm³/mol. The van der Waals surface area contributed by atoms with Crippen molar-refractivity contribution in [1.29, 1.82) is 0 Å². The molecular formula is C20H25N3O2S. The Balaban J connectivity index is 1.66. The minimum Gasteiger partial charge on any atom is -0.497 e. The third kappa shape index (κ3) is 5.42. The van der Waals surface area contributed by atoms with E-state index >= 15 is 0 Å². The number of thiocarbonyl (C=S) groups is 1. The maximum atomic E-state index is 5.55. The lowest BCUT2D eigenvalue weighted by molar-refractivity contribution is 0.0344. The molecule has 0 radical (unpaired) electrons. The van der Waals surface area contributed by atoms with Gasteiger partial charge >= 0.3 is 0 Å². The average Bonchev–Trinajstić information content (AvgIpc) is 2.69.